The molecule has 0 aliphatic carbocycles. The number of ketones is 1. The molecule has 0 amide bonds. The van der Waals surface area contributed by atoms with Gasteiger partial charge in [-0.25, -0.2) is 14.4 Å². The fourth-order valence-electron chi connectivity index (χ4n) is 3.26. The molecule has 1 aliphatic heterocycles. The second kappa shape index (κ2) is 8.02. The number of hydrogen-bond acceptors (Lipinski definition) is 5. The van der Waals surface area contributed by atoms with E-state index >= 15 is 0 Å². The van der Waals surface area contributed by atoms with Crippen molar-refractivity contribution >= 4 is 16.8 Å². The van der Waals surface area contributed by atoms with Crippen molar-refractivity contribution in [1.82, 2.24) is 9.97 Å². The minimum atomic E-state index is -0.318. The molecule has 144 valence electrons. The predicted octanol–water partition coefficient (Wildman–Crippen LogP) is 4.44. The van der Waals surface area contributed by atoms with Crippen molar-refractivity contribution in [3.05, 3.63) is 53.8 Å². The molecular weight excluding hydrogens is 359 g/mol. The lowest BCUT2D eigenvalue weighted by Gasteiger charge is -2.22. The standard InChI is InChI=1S/C22H21FN2O3/c1-14(26)17-4-7-19-20(12-17)24-21(16-2-5-18(23)6-3-16)22(25-19)28-13-15-8-10-27-11-9-15/h2-7,12,15H,8-11,13H2,1H3. The molecule has 0 spiro atoms. The number of Topliss-reactive ketones (excluding diaryl/α,β-unsaturated/α-hetero) is 1. The summed E-state index contributed by atoms with van der Waals surface area (Å²) < 4.78 is 24.8. The molecule has 0 saturated carbocycles. The van der Waals surface area contributed by atoms with Gasteiger partial charge in [-0.3, -0.25) is 4.79 Å². The van der Waals surface area contributed by atoms with E-state index in [9.17, 15) is 9.18 Å². The first-order chi connectivity index (χ1) is 13.6. The quantitative estimate of drug-likeness (QED) is 0.612. The third-order valence-electron chi connectivity index (χ3n) is 4.95. The summed E-state index contributed by atoms with van der Waals surface area (Å²) in [6, 6.07) is 11.3. The van der Waals surface area contributed by atoms with Gasteiger partial charge in [0, 0.05) is 24.3 Å². The van der Waals surface area contributed by atoms with Crippen molar-refractivity contribution in [3.63, 3.8) is 0 Å². The van der Waals surface area contributed by atoms with E-state index in [4.69, 9.17) is 14.5 Å². The lowest BCUT2D eigenvalue weighted by atomic mass is 10.0. The number of fused-ring (bicyclic) bond motifs is 1. The second-order valence-electron chi connectivity index (χ2n) is 7.01. The van der Waals surface area contributed by atoms with Gasteiger partial charge in [-0.15, -0.1) is 0 Å². The van der Waals surface area contributed by atoms with Crippen molar-refractivity contribution in [2.75, 3.05) is 19.8 Å². The van der Waals surface area contributed by atoms with Crippen LogP contribution in [0.4, 0.5) is 4.39 Å². The number of halogens is 1. The van der Waals surface area contributed by atoms with E-state index in [1.807, 2.05) is 0 Å². The Balaban J connectivity index is 1.73. The van der Waals surface area contributed by atoms with Crippen LogP contribution in [0.15, 0.2) is 42.5 Å². The molecule has 0 bridgehead atoms. The van der Waals surface area contributed by atoms with Crippen LogP contribution in [0.25, 0.3) is 22.3 Å². The van der Waals surface area contributed by atoms with Gasteiger partial charge in [0.15, 0.2) is 5.78 Å². The number of carbonyl (C=O) groups excluding carboxylic acids is 1. The lowest BCUT2D eigenvalue weighted by molar-refractivity contribution is 0.0491. The number of rotatable bonds is 5. The third-order valence-corrected chi connectivity index (χ3v) is 4.95. The smallest absolute Gasteiger partial charge is 0.241 e. The molecule has 4 rings (SSSR count). The molecule has 2 heterocycles. The number of hydrogen-bond donors (Lipinski definition) is 0. The van der Waals surface area contributed by atoms with Gasteiger partial charge in [-0.1, -0.05) is 0 Å². The number of aromatic nitrogens is 2. The molecule has 0 unspecified atom stereocenters. The third kappa shape index (κ3) is 4.02. The molecular formula is C22H21FN2O3. The Bertz CT molecular complexity index is 999. The Morgan fingerprint density at radius 3 is 2.57 bits per heavy atom. The average Bonchev–Trinajstić information content (AvgIpc) is 2.72. The molecule has 0 atom stereocenters. The maximum absolute atomic E-state index is 13.4. The van der Waals surface area contributed by atoms with Crippen LogP contribution in [-0.4, -0.2) is 35.6 Å². The number of nitrogens with zero attached hydrogens (tertiary/aromatic N) is 2. The average molecular weight is 380 g/mol. The zero-order valence-corrected chi connectivity index (χ0v) is 15.7. The summed E-state index contributed by atoms with van der Waals surface area (Å²) in [5.74, 6) is 0.474. The van der Waals surface area contributed by atoms with Crippen LogP contribution in [0, 0.1) is 11.7 Å². The van der Waals surface area contributed by atoms with E-state index in [1.54, 1.807) is 30.3 Å². The number of carbonyl (C=O) groups is 1. The lowest BCUT2D eigenvalue weighted by Crippen LogP contribution is -2.22. The molecule has 6 heteroatoms. The van der Waals surface area contributed by atoms with Crippen LogP contribution < -0.4 is 4.74 Å². The zero-order valence-electron chi connectivity index (χ0n) is 15.7. The molecule has 0 N–H and O–H groups in total. The topological polar surface area (TPSA) is 61.3 Å². The number of benzene rings is 2. The minimum Gasteiger partial charge on any atom is -0.476 e. The fourth-order valence-corrected chi connectivity index (χ4v) is 3.26. The van der Waals surface area contributed by atoms with Gasteiger partial charge in [-0.05, 0) is 68.1 Å². The Morgan fingerprint density at radius 1 is 1.11 bits per heavy atom. The first kappa shape index (κ1) is 18.5. The van der Waals surface area contributed by atoms with Crippen molar-refractivity contribution < 1.29 is 18.7 Å². The van der Waals surface area contributed by atoms with Gasteiger partial charge in [0.05, 0.1) is 17.6 Å². The van der Waals surface area contributed by atoms with Crippen molar-refractivity contribution in [1.29, 1.82) is 0 Å². The monoisotopic (exact) mass is 380 g/mol. The van der Waals surface area contributed by atoms with Gasteiger partial charge in [-0.2, -0.15) is 0 Å². The second-order valence-corrected chi connectivity index (χ2v) is 7.01. The summed E-state index contributed by atoms with van der Waals surface area (Å²) >= 11 is 0. The van der Waals surface area contributed by atoms with Gasteiger partial charge < -0.3 is 9.47 Å². The molecule has 5 nitrogen and oxygen atoms in total. The number of ether oxygens (including phenoxy) is 2. The normalized spacial score (nSPS) is 14.9. The van der Waals surface area contributed by atoms with Crippen LogP contribution in [-0.2, 0) is 4.74 Å². The SMILES string of the molecule is CC(=O)c1ccc2nc(OCC3CCOCC3)c(-c3ccc(F)cc3)nc2c1. The Labute approximate surface area is 162 Å². The van der Waals surface area contributed by atoms with E-state index in [0.717, 1.165) is 26.1 Å². The first-order valence-corrected chi connectivity index (χ1v) is 9.39. The summed E-state index contributed by atoms with van der Waals surface area (Å²) in [6.07, 6.45) is 1.91. The van der Waals surface area contributed by atoms with Crippen molar-refractivity contribution in [2.24, 2.45) is 5.92 Å². The highest BCUT2D eigenvalue weighted by atomic mass is 19.1. The maximum Gasteiger partial charge on any atom is 0.241 e. The van der Waals surface area contributed by atoms with Crippen LogP contribution in [0.5, 0.6) is 5.88 Å². The summed E-state index contributed by atoms with van der Waals surface area (Å²) in [7, 11) is 0. The van der Waals surface area contributed by atoms with Crippen LogP contribution >= 0.6 is 0 Å². The summed E-state index contributed by atoms with van der Waals surface area (Å²) in [5.41, 5.74) is 3.08. The Kier molecular flexibility index (Phi) is 5.30. The molecule has 1 fully saturated rings. The first-order valence-electron chi connectivity index (χ1n) is 9.39. The van der Waals surface area contributed by atoms with Crippen molar-refractivity contribution in [2.45, 2.75) is 19.8 Å². The highest BCUT2D eigenvalue weighted by molar-refractivity contribution is 5.97. The van der Waals surface area contributed by atoms with E-state index in [0.29, 0.717) is 46.3 Å². The van der Waals surface area contributed by atoms with Crippen LogP contribution in [0.2, 0.25) is 0 Å². The summed E-state index contributed by atoms with van der Waals surface area (Å²) in [5, 5.41) is 0. The molecule has 1 aromatic heterocycles. The molecule has 1 aliphatic rings. The van der Waals surface area contributed by atoms with Crippen LogP contribution in [0.3, 0.4) is 0 Å². The highest BCUT2D eigenvalue weighted by Gasteiger charge is 2.18. The molecule has 2 aromatic carbocycles. The van der Waals surface area contributed by atoms with Crippen LogP contribution in [0.1, 0.15) is 30.1 Å². The maximum atomic E-state index is 13.4. The van der Waals surface area contributed by atoms with Crippen molar-refractivity contribution in [3.8, 4) is 17.1 Å². The summed E-state index contributed by atoms with van der Waals surface area (Å²) in [4.78, 5) is 21.0. The molecule has 1 saturated heterocycles. The minimum absolute atomic E-state index is 0.0353. The molecule has 3 aromatic rings. The highest BCUT2D eigenvalue weighted by Crippen LogP contribution is 2.30. The van der Waals surface area contributed by atoms with E-state index in [1.165, 1.54) is 19.1 Å². The largest absolute Gasteiger partial charge is 0.476 e. The molecule has 28 heavy (non-hydrogen) atoms. The van der Waals surface area contributed by atoms with Gasteiger partial charge in [0.1, 0.15) is 11.5 Å². The van der Waals surface area contributed by atoms with E-state index in [-0.39, 0.29) is 11.6 Å². The summed E-state index contributed by atoms with van der Waals surface area (Å²) in [6.45, 7) is 3.54. The Hall–Kier alpha value is -2.86. The predicted molar refractivity (Wildman–Crippen MR) is 104 cm³/mol. The Morgan fingerprint density at radius 2 is 1.86 bits per heavy atom. The molecule has 0 radical (unpaired) electrons. The fraction of sp³-hybridized carbons (Fsp3) is 0.318. The van der Waals surface area contributed by atoms with Gasteiger partial charge in [0.25, 0.3) is 0 Å². The van der Waals surface area contributed by atoms with Gasteiger partial charge >= 0.3 is 0 Å². The zero-order chi connectivity index (χ0) is 19.5. The van der Waals surface area contributed by atoms with E-state index in [2.05, 4.69) is 4.98 Å². The van der Waals surface area contributed by atoms with Gasteiger partial charge in [0.2, 0.25) is 5.88 Å². The van der Waals surface area contributed by atoms with E-state index < -0.39 is 0 Å².